The van der Waals surface area contributed by atoms with Crippen molar-refractivity contribution in [2.45, 2.75) is 32.6 Å². The van der Waals surface area contributed by atoms with Gasteiger partial charge in [0.05, 0.1) is 0 Å². The normalized spacial score (nSPS) is 14.7. The predicted octanol–water partition coefficient (Wildman–Crippen LogP) is 2.86. The number of unbranched alkanes of at least 4 members (excludes halogenated alkanes) is 1. The van der Waals surface area contributed by atoms with E-state index in [4.69, 9.17) is 0 Å². The van der Waals surface area contributed by atoms with Crippen LogP contribution in [-0.2, 0) is 25.8 Å². The summed E-state index contributed by atoms with van der Waals surface area (Å²) >= 11 is 0. The third-order valence-corrected chi connectivity index (χ3v) is 1.57. The van der Waals surface area contributed by atoms with E-state index in [0.29, 0.717) is 0 Å². The Morgan fingerprint density at radius 1 is 1.60 bits per heavy atom. The molecule has 10 heavy (non-hydrogen) atoms. The maximum Gasteiger partial charge on any atom is 4.00 e. The van der Waals surface area contributed by atoms with E-state index in [1.165, 1.54) is 24.8 Å². The quantitative estimate of drug-likeness (QED) is 0.555. The van der Waals surface area contributed by atoms with Crippen LogP contribution in [0.1, 0.15) is 32.6 Å². The Hall–Kier alpha value is 0.350. The van der Waals surface area contributed by atoms with Crippen molar-refractivity contribution in [3.8, 4) is 0 Å². The van der Waals surface area contributed by atoms with Crippen molar-refractivity contribution < 1.29 is 25.8 Å². The monoisotopic (exact) mass is 301 g/mol. The van der Waals surface area contributed by atoms with Crippen LogP contribution in [0.5, 0.6) is 0 Å². The van der Waals surface area contributed by atoms with Crippen molar-refractivity contribution in [2.75, 3.05) is 0 Å². The molecule has 1 rings (SSSR count). The third kappa shape index (κ3) is 3.50. The summed E-state index contributed by atoms with van der Waals surface area (Å²) in [6.07, 6.45) is 12.5. The first-order chi connectivity index (χ1) is 4.43. The summed E-state index contributed by atoms with van der Waals surface area (Å²) in [6.45, 7) is 2.22. The van der Waals surface area contributed by atoms with Gasteiger partial charge in [0.15, 0.2) is 0 Å². The molecule has 0 fully saturated rings. The summed E-state index contributed by atoms with van der Waals surface area (Å²) in [5.74, 6) is 0. The third-order valence-electron chi connectivity index (χ3n) is 1.57. The zero-order chi connectivity index (χ0) is 6.53. The first kappa shape index (κ1) is 10.4. The molecule has 0 aromatic carbocycles. The van der Waals surface area contributed by atoms with Crippen LogP contribution in [0, 0.1) is 6.08 Å². The van der Waals surface area contributed by atoms with Gasteiger partial charge in [-0.05, 0) is 0 Å². The van der Waals surface area contributed by atoms with E-state index in [1.807, 2.05) is 0 Å². The minimum absolute atomic E-state index is 0. The van der Waals surface area contributed by atoms with Crippen molar-refractivity contribution in [3.63, 3.8) is 0 Å². The van der Waals surface area contributed by atoms with Crippen LogP contribution in [0.4, 0.5) is 0 Å². The van der Waals surface area contributed by atoms with Crippen molar-refractivity contribution in [3.05, 3.63) is 23.8 Å². The second-order valence-electron chi connectivity index (χ2n) is 2.41. The van der Waals surface area contributed by atoms with Crippen LogP contribution in [0.15, 0.2) is 17.7 Å². The Bertz CT molecular complexity index is 134. The van der Waals surface area contributed by atoms with Crippen LogP contribution in [0.2, 0.25) is 0 Å². The van der Waals surface area contributed by atoms with Gasteiger partial charge in [-0.3, -0.25) is 6.08 Å². The zero-order valence-electron chi connectivity index (χ0n) is 6.48. The molecule has 0 unspecified atom stereocenters. The first-order valence-electron chi connectivity index (χ1n) is 3.69. The molecule has 0 N–H and O–H groups in total. The Morgan fingerprint density at radius 2 is 2.40 bits per heavy atom. The maximum atomic E-state index is 3.30. The summed E-state index contributed by atoms with van der Waals surface area (Å²) in [7, 11) is 0. The second kappa shape index (κ2) is 6.09. The van der Waals surface area contributed by atoms with Gasteiger partial charge in [0, 0.05) is 0 Å². The Labute approximate surface area is 82.2 Å². The average molecular weight is 300 g/mol. The molecule has 0 heterocycles. The van der Waals surface area contributed by atoms with Gasteiger partial charge in [-0.2, -0.15) is 6.08 Å². The largest absolute Gasteiger partial charge is 4.00 e. The molecule has 0 saturated carbocycles. The van der Waals surface area contributed by atoms with Crippen molar-refractivity contribution >= 4 is 0 Å². The van der Waals surface area contributed by atoms with Gasteiger partial charge in [0.2, 0.25) is 0 Å². The molecule has 0 atom stereocenters. The average Bonchev–Trinajstić information content (AvgIpc) is 2.34. The van der Waals surface area contributed by atoms with Crippen LogP contribution >= 0.6 is 0 Å². The summed E-state index contributed by atoms with van der Waals surface area (Å²) < 4.78 is 0. The fourth-order valence-corrected chi connectivity index (χ4v) is 0.989. The van der Waals surface area contributed by atoms with Crippen LogP contribution in [0.25, 0.3) is 0 Å². The summed E-state index contributed by atoms with van der Waals surface area (Å²) in [5, 5.41) is 0. The van der Waals surface area contributed by atoms with E-state index >= 15 is 0 Å². The van der Waals surface area contributed by atoms with E-state index in [-0.39, 0.29) is 25.8 Å². The molecule has 0 amide bonds. The molecule has 50 valence electrons. The van der Waals surface area contributed by atoms with Gasteiger partial charge in [0.1, 0.15) is 0 Å². The molecular weight excluding hydrogens is 287 g/mol. The van der Waals surface area contributed by atoms with Crippen LogP contribution in [0.3, 0.4) is 0 Å². The standard InChI is InChI=1S/C9H13.Hf/c1-2-3-6-9-7-4-5-8-9;/h4,7H,2-3,5-6H2,1H3;/q-1;+4. The Kier molecular flexibility index (Phi) is 6.30. The number of hydrogen-bond acceptors (Lipinski definition) is 0. The van der Waals surface area contributed by atoms with Gasteiger partial charge in [-0.1, -0.05) is 26.2 Å². The smallest absolute Gasteiger partial charge is 0.269 e. The SMILES string of the molecule is CCCCC1=[C-]CC=C1.[Hf+4]. The van der Waals surface area contributed by atoms with E-state index in [0.717, 1.165) is 6.42 Å². The van der Waals surface area contributed by atoms with Crippen LogP contribution in [-0.4, -0.2) is 0 Å². The Morgan fingerprint density at radius 3 is 2.90 bits per heavy atom. The van der Waals surface area contributed by atoms with E-state index in [9.17, 15) is 0 Å². The molecule has 0 aliphatic heterocycles. The van der Waals surface area contributed by atoms with E-state index in [2.05, 4.69) is 25.2 Å². The van der Waals surface area contributed by atoms with Gasteiger partial charge in [-0.15, -0.1) is 6.42 Å². The fourth-order valence-electron chi connectivity index (χ4n) is 0.989. The second-order valence-corrected chi connectivity index (χ2v) is 2.41. The fraction of sp³-hybridized carbons (Fsp3) is 0.556. The molecule has 0 aromatic rings. The first-order valence-corrected chi connectivity index (χ1v) is 3.69. The molecule has 0 bridgehead atoms. The van der Waals surface area contributed by atoms with Crippen LogP contribution < -0.4 is 0 Å². The summed E-state index contributed by atoms with van der Waals surface area (Å²) in [4.78, 5) is 0. The van der Waals surface area contributed by atoms with Crippen molar-refractivity contribution in [1.29, 1.82) is 0 Å². The Balaban J connectivity index is 0.000000810. The zero-order valence-corrected chi connectivity index (χ0v) is 10.1. The predicted molar refractivity (Wildman–Crippen MR) is 40.0 cm³/mol. The maximum absolute atomic E-state index is 3.30. The molecule has 1 aliphatic carbocycles. The minimum atomic E-state index is 0. The molecule has 0 nitrogen and oxygen atoms in total. The number of rotatable bonds is 3. The van der Waals surface area contributed by atoms with E-state index in [1.54, 1.807) is 0 Å². The molecule has 0 radical (unpaired) electrons. The van der Waals surface area contributed by atoms with Gasteiger partial charge in [-0.25, -0.2) is 11.6 Å². The summed E-state index contributed by atoms with van der Waals surface area (Å²) in [6, 6.07) is 0. The molecular formula is C9H13Hf+3. The van der Waals surface area contributed by atoms with Crippen molar-refractivity contribution in [2.24, 2.45) is 0 Å². The molecule has 0 aromatic heterocycles. The van der Waals surface area contributed by atoms with E-state index < -0.39 is 0 Å². The number of hydrogen-bond donors (Lipinski definition) is 0. The molecule has 1 aliphatic rings. The topological polar surface area (TPSA) is 0 Å². The minimum Gasteiger partial charge on any atom is -0.269 e. The molecule has 1 heteroatoms. The number of allylic oxidation sites excluding steroid dienone is 4. The molecule has 0 spiro atoms. The van der Waals surface area contributed by atoms with Gasteiger partial charge >= 0.3 is 25.8 Å². The summed E-state index contributed by atoms with van der Waals surface area (Å²) in [5.41, 5.74) is 1.41. The van der Waals surface area contributed by atoms with Gasteiger partial charge < -0.3 is 0 Å². The van der Waals surface area contributed by atoms with Crippen molar-refractivity contribution in [1.82, 2.24) is 0 Å². The molecule has 0 saturated heterocycles. The van der Waals surface area contributed by atoms with Gasteiger partial charge in [0.25, 0.3) is 0 Å².